The number of pyridine rings is 1. The van der Waals surface area contributed by atoms with Crippen LogP contribution >= 0.6 is 11.6 Å². The predicted molar refractivity (Wildman–Crippen MR) is 128 cm³/mol. The molecule has 1 aromatic heterocycles. The Hall–Kier alpha value is -3.34. The van der Waals surface area contributed by atoms with E-state index in [1.807, 2.05) is 6.07 Å². The number of amides is 2. The molecule has 2 aromatic rings. The second-order valence-electron chi connectivity index (χ2n) is 7.85. The molecule has 2 amide bonds. The molecule has 0 unspecified atom stereocenters. The SMILES string of the molecule is COc1c(Cl)cccc1NC(=O)C1=C(NCc2ccncc2OC[C@@H]2COCCO2)CCNC1=O. The Bertz CT molecular complexity index is 1100. The molecule has 2 aliphatic rings. The minimum Gasteiger partial charge on any atom is -0.493 e. The molecule has 0 radical (unpaired) electrons. The van der Waals surface area contributed by atoms with Gasteiger partial charge in [-0.1, -0.05) is 17.7 Å². The fourth-order valence-corrected chi connectivity index (χ4v) is 4.02. The molecule has 1 saturated heterocycles. The van der Waals surface area contributed by atoms with E-state index in [1.54, 1.807) is 30.6 Å². The fraction of sp³-hybridized carbons (Fsp3) is 0.375. The molecule has 0 saturated carbocycles. The van der Waals surface area contributed by atoms with Crippen molar-refractivity contribution in [1.82, 2.24) is 15.6 Å². The van der Waals surface area contributed by atoms with Crippen LogP contribution in [0.2, 0.25) is 5.02 Å². The van der Waals surface area contributed by atoms with Crippen LogP contribution in [0.15, 0.2) is 47.9 Å². The number of methoxy groups -OCH3 is 1. The molecule has 0 spiro atoms. The Labute approximate surface area is 207 Å². The number of hydrogen-bond acceptors (Lipinski definition) is 8. The van der Waals surface area contributed by atoms with E-state index < -0.39 is 11.8 Å². The van der Waals surface area contributed by atoms with Gasteiger partial charge in [-0.2, -0.15) is 0 Å². The molecule has 10 nitrogen and oxygen atoms in total. The van der Waals surface area contributed by atoms with Crippen LogP contribution in [-0.2, 0) is 25.6 Å². The van der Waals surface area contributed by atoms with E-state index in [-0.39, 0.29) is 11.7 Å². The molecule has 11 heteroatoms. The number of benzene rings is 1. The van der Waals surface area contributed by atoms with Crippen LogP contribution in [0.4, 0.5) is 5.69 Å². The topological polar surface area (TPSA) is 120 Å². The van der Waals surface area contributed by atoms with Crippen molar-refractivity contribution in [3.63, 3.8) is 0 Å². The lowest BCUT2D eigenvalue weighted by atomic mass is 10.1. The summed E-state index contributed by atoms with van der Waals surface area (Å²) in [6.07, 6.45) is 3.61. The normalized spacial score (nSPS) is 18.0. The van der Waals surface area contributed by atoms with Crippen molar-refractivity contribution >= 4 is 29.1 Å². The van der Waals surface area contributed by atoms with Gasteiger partial charge in [-0.3, -0.25) is 14.6 Å². The first-order valence-electron chi connectivity index (χ1n) is 11.2. The van der Waals surface area contributed by atoms with E-state index in [4.69, 9.17) is 30.5 Å². The maximum atomic E-state index is 13.1. The maximum absolute atomic E-state index is 13.1. The summed E-state index contributed by atoms with van der Waals surface area (Å²) >= 11 is 6.15. The first-order chi connectivity index (χ1) is 17.1. The molecule has 0 aliphatic carbocycles. The lowest BCUT2D eigenvalue weighted by molar-refractivity contribution is -0.122. The van der Waals surface area contributed by atoms with Crippen molar-refractivity contribution in [2.45, 2.75) is 19.1 Å². The minimum absolute atomic E-state index is 0.00237. The van der Waals surface area contributed by atoms with E-state index >= 15 is 0 Å². The average molecular weight is 503 g/mol. The zero-order valence-corrected chi connectivity index (χ0v) is 20.0. The number of aromatic nitrogens is 1. The first kappa shape index (κ1) is 24.8. The molecule has 1 aromatic carbocycles. The molecule has 1 fully saturated rings. The van der Waals surface area contributed by atoms with Gasteiger partial charge in [0.15, 0.2) is 5.75 Å². The second-order valence-corrected chi connectivity index (χ2v) is 8.26. The summed E-state index contributed by atoms with van der Waals surface area (Å²) in [4.78, 5) is 29.9. The summed E-state index contributed by atoms with van der Waals surface area (Å²) in [6.45, 7) is 2.68. The van der Waals surface area contributed by atoms with Gasteiger partial charge in [0, 0.05) is 37.0 Å². The van der Waals surface area contributed by atoms with E-state index in [1.165, 1.54) is 7.11 Å². The number of hydrogen-bond donors (Lipinski definition) is 3. The van der Waals surface area contributed by atoms with Crippen molar-refractivity contribution in [2.75, 3.05) is 45.4 Å². The molecule has 1 atom stereocenters. The molecule has 0 bridgehead atoms. The Morgan fingerprint density at radius 2 is 2.20 bits per heavy atom. The van der Waals surface area contributed by atoms with E-state index in [0.29, 0.717) is 73.8 Å². The molecule has 3 heterocycles. The predicted octanol–water partition coefficient (Wildman–Crippen LogP) is 2.04. The Kier molecular flexibility index (Phi) is 8.40. The van der Waals surface area contributed by atoms with Gasteiger partial charge in [-0.25, -0.2) is 0 Å². The zero-order valence-electron chi connectivity index (χ0n) is 19.3. The molecule has 3 N–H and O–H groups in total. The number of anilines is 1. The molecule has 35 heavy (non-hydrogen) atoms. The van der Waals surface area contributed by atoms with Gasteiger partial charge in [0.25, 0.3) is 11.8 Å². The molecule has 186 valence electrons. The number of para-hydroxylation sites is 1. The Morgan fingerprint density at radius 1 is 1.31 bits per heavy atom. The van der Waals surface area contributed by atoms with Crippen LogP contribution in [-0.4, -0.2) is 63.0 Å². The quantitative estimate of drug-likeness (QED) is 0.446. The number of carbonyl (C=O) groups excluding carboxylic acids is 2. The molecular formula is C24H27ClN4O6. The van der Waals surface area contributed by atoms with Crippen molar-refractivity contribution in [1.29, 1.82) is 0 Å². The fourth-order valence-electron chi connectivity index (χ4n) is 3.77. The van der Waals surface area contributed by atoms with Gasteiger partial charge >= 0.3 is 0 Å². The summed E-state index contributed by atoms with van der Waals surface area (Å²) < 4.78 is 22.2. The van der Waals surface area contributed by atoms with Crippen LogP contribution in [0.1, 0.15) is 12.0 Å². The number of carbonyl (C=O) groups is 2. The third kappa shape index (κ3) is 6.21. The van der Waals surface area contributed by atoms with Crippen molar-refractivity contribution in [3.05, 3.63) is 58.5 Å². The van der Waals surface area contributed by atoms with Gasteiger partial charge in [0.2, 0.25) is 0 Å². The van der Waals surface area contributed by atoms with Crippen LogP contribution in [0.25, 0.3) is 0 Å². The number of nitrogens with zero attached hydrogens (tertiary/aromatic N) is 1. The van der Waals surface area contributed by atoms with Gasteiger partial charge < -0.3 is 34.9 Å². The summed E-state index contributed by atoms with van der Waals surface area (Å²) in [6, 6.07) is 6.81. The van der Waals surface area contributed by atoms with Crippen LogP contribution in [0.3, 0.4) is 0 Å². The highest BCUT2D eigenvalue weighted by Crippen LogP contribution is 2.33. The molecule has 2 aliphatic heterocycles. The highest BCUT2D eigenvalue weighted by Gasteiger charge is 2.27. The minimum atomic E-state index is -0.564. The number of rotatable bonds is 9. The van der Waals surface area contributed by atoms with E-state index in [9.17, 15) is 9.59 Å². The third-order valence-electron chi connectivity index (χ3n) is 5.51. The lowest BCUT2D eigenvalue weighted by Gasteiger charge is -2.24. The number of ether oxygens (including phenoxy) is 4. The third-order valence-corrected chi connectivity index (χ3v) is 5.81. The summed E-state index contributed by atoms with van der Waals surface area (Å²) in [7, 11) is 1.46. The average Bonchev–Trinajstić information content (AvgIpc) is 2.87. The van der Waals surface area contributed by atoms with Crippen molar-refractivity contribution in [3.8, 4) is 11.5 Å². The Balaban J connectivity index is 1.48. The summed E-state index contributed by atoms with van der Waals surface area (Å²) in [5, 5.41) is 9.04. The van der Waals surface area contributed by atoms with Crippen LogP contribution in [0.5, 0.6) is 11.5 Å². The van der Waals surface area contributed by atoms with E-state index in [0.717, 1.165) is 5.56 Å². The first-order valence-corrected chi connectivity index (χ1v) is 11.6. The smallest absolute Gasteiger partial charge is 0.263 e. The largest absolute Gasteiger partial charge is 0.493 e. The highest BCUT2D eigenvalue weighted by molar-refractivity contribution is 6.33. The van der Waals surface area contributed by atoms with Gasteiger partial charge in [-0.05, 0) is 18.2 Å². The molecule has 4 rings (SSSR count). The van der Waals surface area contributed by atoms with Gasteiger partial charge in [0.05, 0.1) is 43.8 Å². The summed E-state index contributed by atoms with van der Waals surface area (Å²) in [5.74, 6) is -0.117. The van der Waals surface area contributed by atoms with Gasteiger partial charge in [0.1, 0.15) is 24.0 Å². The van der Waals surface area contributed by atoms with E-state index in [2.05, 4.69) is 20.9 Å². The zero-order chi connectivity index (χ0) is 24.6. The van der Waals surface area contributed by atoms with Crippen molar-refractivity contribution in [2.24, 2.45) is 0 Å². The van der Waals surface area contributed by atoms with Crippen LogP contribution < -0.4 is 25.4 Å². The maximum Gasteiger partial charge on any atom is 0.263 e. The van der Waals surface area contributed by atoms with Crippen molar-refractivity contribution < 1.29 is 28.5 Å². The molecular weight excluding hydrogens is 476 g/mol. The standard InChI is InChI=1S/C24H27ClN4O6/c1-32-22-17(25)3-2-4-19(22)29-24(31)21-18(6-8-27-23(21)30)28-11-15-5-7-26-12-20(15)35-14-16-13-33-9-10-34-16/h2-5,7,12,16,28H,6,8-11,13-14H2,1H3,(H,27,30)(H,29,31)/t16-/m0/s1. The number of halogens is 1. The monoisotopic (exact) mass is 502 g/mol. The van der Waals surface area contributed by atoms with Crippen LogP contribution in [0, 0.1) is 0 Å². The summed E-state index contributed by atoms with van der Waals surface area (Å²) in [5.41, 5.74) is 1.72. The number of nitrogens with one attached hydrogen (secondary N) is 3. The lowest BCUT2D eigenvalue weighted by Crippen LogP contribution is -2.40. The second kappa shape index (κ2) is 11.9. The Morgan fingerprint density at radius 3 is 3.00 bits per heavy atom. The van der Waals surface area contributed by atoms with Gasteiger partial charge in [-0.15, -0.1) is 0 Å². The highest BCUT2D eigenvalue weighted by atomic mass is 35.5.